The van der Waals surface area contributed by atoms with E-state index in [2.05, 4.69) is 65.7 Å². The average molecular weight is 587 g/mol. The molecule has 0 aromatic rings. The van der Waals surface area contributed by atoms with Crippen LogP contribution in [0.4, 0.5) is 0 Å². The van der Waals surface area contributed by atoms with Crippen LogP contribution in [0.2, 0.25) is 0 Å². The van der Waals surface area contributed by atoms with Gasteiger partial charge in [0.1, 0.15) is 0 Å². The summed E-state index contributed by atoms with van der Waals surface area (Å²) in [6.07, 6.45) is 29.2. The number of hydrogen-bond acceptors (Lipinski definition) is 3. The number of nitrogens with two attached hydrogens (primary N) is 1. The van der Waals surface area contributed by atoms with Crippen LogP contribution < -0.4 is 11.1 Å². The van der Waals surface area contributed by atoms with E-state index in [9.17, 15) is 4.79 Å². The summed E-state index contributed by atoms with van der Waals surface area (Å²) < 4.78 is 0. The Bertz CT molecular complexity index is 698. The standard InChI is InChI=1S/C39H74N2O/c1-10-13-14-15-16-17-18-19-20-21-22-23-24-25-26-27-28-29-35(12-3)34(8)37(32(6)11-2)38(42)33(7)30-36(31(4)5)39(40)41-9/h11-12,31-32,34-37,39,41H,2-3,7,10,13-30,40H2,1,4-6,8-9H3. The molecule has 0 radical (unpaired) electrons. The monoisotopic (exact) mass is 587 g/mol. The summed E-state index contributed by atoms with van der Waals surface area (Å²) in [5, 5.41) is 3.16. The fourth-order valence-corrected chi connectivity index (χ4v) is 6.68. The highest BCUT2D eigenvalue weighted by atomic mass is 16.1. The Kier molecular flexibility index (Phi) is 25.5. The molecule has 0 aromatic carbocycles. The van der Waals surface area contributed by atoms with Crippen LogP contribution in [0.3, 0.4) is 0 Å². The molecule has 6 atom stereocenters. The highest BCUT2D eigenvalue weighted by Gasteiger charge is 2.35. The average Bonchev–Trinajstić information content (AvgIpc) is 2.98. The molecule has 0 aliphatic carbocycles. The quantitative estimate of drug-likeness (QED) is 0.0381. The SMILES string of the molecule is C=CC(C)C(C(=O)C(=C)CC(C(C)C)C(N)NC)C(C)C(C=C)CCCCCCCCCCCCCCCCCCC. The third-order valence-electron chi connectivity index (χ3n) is 9.91. The Morgan fingerprint density at radius 1 is 0.738 bits per heavy atom. The Hall–Kier alpha value is -1.19. The molecule has 0 spiro atoms. The van der Waals surface area contributed by atoms with Crippen molar-refractivity contribution in [2.24, 2.45) is 41.2 Å². The van der Waals surface area contributed by atoms with Crippen molar-refractivity contribution in [1.82, 2.24) is 5.32 Å². The molecular weight excluding hydrogens is 512 g/mol. The second kappa shape index (κ2) is 26.2. The minimum absolute atomic E-state index is 0.0951. The summed E-state index contributed by atoms with van der Waals surface area (Å²) in [5.41, 5.74) is 7.02. The highest BCUT2D eigenvalue weighted by Crippen LogP contribution is 2.35. The zero-order valence-electron chi connectivity index (χ0n) is 29.2. The summed E-state index contributed by atoms with van der Waals surface area (Å²) in [4.78, 5) is 13.8. The van der Waals surface area contributed by atoms with Crippen LogP contribution in [0, 0.1) is 35.5 Å². The zero-order valence-corrected chi connectivity index (χ0v) is 29.2. The van der Waals surface area contributed by atoms with Crippen molar-refractivity contribution in [2.75, 3.05) is 7.05 Å². The molecule has 42 heavy (non-hydrogen) atoms. The lowest BCUT2D eigenvalue weighted by molar-refractivity contribution is -0.122. The summed E-state index contributed by atoms with van der Waals surface area (Å²) in [6, 6.07) is 0. The summed E-state index contributed by atoms with van der Waals surface area (Å²) >= 11 is 0. The topological polar surface area (TPSA) is 55.1 Å². The lowest BCUT2D eigenvalue weighted by Crippen LogP contribution is -2.44. The van der Waals surface area contributed by atoms with E-state index in [1.807, 2.05) is 13.1 Å². The first-order chi connectivity index (χ1) is 20.2. The molecule has 3 N–H and O–H groups in total. The third kappa shape index (κ3) is 17.8. The van der Waals surface area contributed by atoms with Gasteiger partial charge in [-0.1, -0.05) is 163 Å². The predicted octanol–water partition coefficient (Wildman–Crippen LogP) is 11.2. The number of carbonyl (C=O) groups excluding carboxylic acids is 1. The molecule has 0 bridgehead atoms. The van der Waals surface area contributed by atoms with Gasteiger partial charge in [0, 0.05) is 5.92 Å². The summed E-state index contributed by atoms with van der Waals surface area (Å²) in [5.74, 6) is 1.22. The molecule has 0 saturated heterocycles. The fourth-order valence-electron chi connectivity index (χ4n) is 6.68. The van der Waals surface area contributed by atoms with Gasteiger partial charge in [0.15, 0.2) is 5.78 Å². The van der Waals surface area contributed by atoms with Gasteiger partial charge < -0.3 is 11.1 Å². The van der Waals surface area contributed by atoms with E-state index in [-0.39, 0.29) is 35.6 Å². The first-order valence-corrected chi connectivity index (χ1v) is 18.1. The van der Waals surface area contributed by atoms with Gasteiger partial charge in [-0.2, -0.15) is 0 Å². The Labute approximate surface area is 264 Å². The number of ketones is 1. The van der Waals surface area contributed by atoms with Crippen molar-refractivity contribution in [3.63, 3.8) is 0 Å². The maximum Gasteiger partial charge on any atom is 0.162 e. The maximum absolute atomic E-state index is 13.8. The van der Waals surface area contributed by atoms with Gasteiger partial charge in [-0.25, -0.2) is 0 Å². The molecule has 0 aromatic heterocycles. The Morgan fingerprint density at radius 3 is 1.52 bits per heavy atom. The fraction of sp³-hybridized carbons (Fsp3) is 0.821. The molecule has 0 aliphatic heterocycles. The van der Waals surface area contributed by atoms with Gasteiger partial charge in [-0.3, -0.25) is 4.79 Å². The smallest absolute Gasteiger partial charge is 0.162 e. The van der Waals surface area contributed by atoms with E-state index in [1.54, 1.807) is 0 Å². The van der Waals surface area contributed by atoms with Gasteiger partial charge in [0.05, 0.1) is 6.17 Å². The van der Waals surface area contributed by atoms with Crippen molar-refractivity contribution in [3.8, 4) is 0 Å². The van der Waals surface area contributed by atoms with Crippen molar-refractivity contribution < 1.29 is 4.79 Å². The first kappa shape index (κ1) is 40.8. The molecule has 0 fully saturated rings. The molecular formula is C39H74N2O. The predicted molar refractivity (Wildman–Crippen MR) is 189 cm³/mol. The summed E-state index contributed by atoms with van der Waals surface area (Å²) in [6.45, 7) is 23.4. The Morgan fingerprint density at radius 2 is 1.17 bits per heavy atom. The van der Waals surface area contributed by atoms with Gasteiger partial charge in [0.2, 0.25) is 0 Å². The second-order valence-corrected chi connectivity index (χ2v) is 13.7. The van der Waals surface area contributed by atoms with E-state index in [0.717, 1.165) is 6.42 Å². The van der Waals surface area contributed by atoms with Crippen molar-refractivity contribution in [1.29, 1.82) is 0 Å². The molecule has 246 valence electrons. The van der Waals surface area contributed by atoms with Crippen LogP contribution in [-0.4, -0.2) is 19.0 Å². The van der Waals surface area contributed by atoms with E-state index in [0.29, 0.717) is 23.8 Å². The molecule has 6 unspecified atom stereocenters. The van der Waals surface area contributed by atoms with Gasteiger partial charge in [-0.05, 0) is 55.1 Å². The molecule has 3 heteroatoms. The largest absolute Gasteiger partial charge is 0.316 e. The van der Waals surface area contributed by atoms with Gasteiger partial charge in [0.25, 0.3) is 0 Å². The number of rotatable bonds is 30. The molecule has 0 amide bonds. The number of carbonyl (C=O) groups is 1. The first-order valence-electron chi connectivity index (χ1n) is 18.1. The number of allylic oxidation sites excluding steroid dienone is 3. The van der Waals surface area contributed by atoms with E-state index >= 15 is 0 Å². The van der Waals surface area contributed by atoms with Crippen LogP contribution in [0.25, 0.3) is 0 Å². The number of hydrogen-bond donors (Lipinski definition) is 2. The lowest BCUT2D eigenvalue weighted by atomic mass is 9.70. The minimum Gasteiger partial charge on any atom is -0.316 e. The normalized spacial score (nSPS) is 16.0. The van der Waals surface area contributed by atoms with Gasteiger partial charge >= 0.3 is 0 Å². The molecule has 3 nitrogen and oxygen atoms in total. The second-order valence-electron chi connectivity index (χ2n) is 13.7. The highest BCUT2D eigenvalue weighted by molar-refractivity contribution is 5.97. The Balaban J connectivity index is 4.40. The maximum atomic E-state index is 13.8. The summed E-state index contributed by atoms with van der Waals surface area (Å²) in [7, 11) is 1.88. The van der Waals surface area contributed by atoms with Crippen molar-refractivity contribution >= 4 is 5.78 Å². The minimum atomic E-state index is -0.150. The number of Topliss-reactive ketones (excluding diaryl/α,β-unsaturated/α-hetero) is 1. The van der Waals surface area contributed by atoms with Crippen LogP contribution in [0.1, 0.15) is 157 Å². The molecule has 0 saturated carbocycles. The van der Waals surface area contributed by atoms with Gasteiger partial charge in [-0.15, -0.1) is 13.2 Å². The van der Waals surface area contributed by atoms with Crippen LogP contribution in [0.5, 0.6) is 0 Å². The molecule has 0 rings (SSSR count). The van der Waals surface area contributed by atoms with Crippen LogP contribution in [-0.2, 0) is 4.79 Å². The number of nitrogens with one attached hydrogen (secondary N) is 1. The number of unbranched alkanes of at least 4 members (excludes halogenated alkanes) is 16. The van der Waals surface area contributed by atoms with Crippen LogP contribution in [0.15, 0.2) is 37.5 Å². The lowest BCUT2D eigenvalue weighted by Gasteiger charge is -2.33. The van der Waals surface area contributed by atoms with Crippen LogP contribution >= 0.6 is 0 Å². The van der Waals surface area contributed by atoms with Crippen molar-refractivity contribution in [2.45, 2.75) is 163 Å². The third-order valence-corrected chi connectivity index (χ3v) is 9.91. The zero-order chi connectivity index (χ0) is 31.8. The molecule has 0 aliphatic rings. The van der Waals surface area contributed by atoms with E-state index in [4.69, 9.17) is 5.73 Å². The van der Waals surface area contributed by atoms with E-state index < -0.39 is 0 Å². The van der Waals surface area contributed by atoms with E-state index in [1.165, 1.54) is 109 Å². The molecule has 0 heterocycles. The van der Waals surface area contributed by atoms with Crippen molar-refractivity contribution in [3.05, 3.63) is 37.5 Å².